The molecule has 1 aromatic carbocycles. The molecule has 3 saturated heterocycles. The molecule has 8 nitrogen and oxygen atoms in total. The van der Waals surface area contributed by atoms with Gasteiger partial charge in [-0.2, -0.15) is 4.37 Å². The SMILES string of the molecule is CCCN(CCNc1ccc2c(C(=O)N[C@@H]3CN4CCC3CC4)nsc2c1)C(=O)O. The molecule has 3 fully saturated rings. The molecular formula is C21H29N5O3S. The summed E-state index contributed by atoms with van der Waals surface area (Å²) < 4.78 is 5.37. The van der Waals surface area contributed by atoms with Crippen LogP contribution in [-0.2, 0) is 0 Å². The fourth-order valence-corrected chi connectivity index (χ4v) is 5.30. The Hall–Kier alpha value is -2.39. The largest absolute Gasteiger partial charge is 0.465 e. The van der Waals surface area contributed by atoms with Gasteiger partial charge in [-0.1, -0.05) is 6.92 Å². The number of carbonyl (C=O) groups excluding carboxylic acids is 1. The van der Waals surface area contributed by atoms with Crippen LogP contribution in [0.5, 0.6) is 0 Å². The topological polar surface area (TPSA) is 97.8 Å². The highest BCUT2D eigenvalue weighted by atomic mass is 32.1. The Morgan fingerprint density at radius 3 is 2.77 bits per heavy atom. The predicted octanol–water partition coefficient (Wildman–Crippen LogP) is 2.92. The van der Waals surface area contributed by atoms with Crippen LogP contribution in [0.4, 0.5) is 10.5 Å². The van der Waals surface area contributed by atoms with E-state index in [2.05, 4.69) is 19.9 Å². The van der Waals surface area contributed by atoms with Gasteiger partial charge in [-0.05, 0) is 68.0 Å². The number of anilines is 1. The maximum Gasteiger partial charge on any atom is 0.407 e. The van der Waals surface area contributed by atoms with E-state index in [-0.39, 0.29) is 11.9 Å². The van der Waals surface area contributed by atoms with Gasteiger partial charge in [-0.25, -0.2) is 4.79 Å². The molecular weight excluding hydrogens is 402 g/mol. The fourth-order valence-electron chi connectivity index (χ4n) is 4.48. The van der Waals surface area contributed by atoms with Gasteiger partial charge in [0.05, 0.1) is 4.70 Å². The molecule has 0 spiro atoms. The zero-order chi connectivity index (χ0) is 21.1. The highest BCUT2D eigenvalue weighted by molar-refractivity contribution is 7.13. The van der Waals surface area contributed by atoms with Crippen molar-refractivity contribution in [2.45, 2.75) is 32.2 Å². The quantitative estimate of drug-likeness (QED) is 0.595. The Bertz CT molecular complexity index is 909. The van der Waals surface area contributed by atoms with Gasteiger partial charge >= 0.3 is 6.09 Å². The van der Waals surface area contributed by atoms with Gasteiger partial charge in [0.1, 0.15) is 5.69 Å². The summed E-state index contributed by atoms with van der Waals surface area (Å²) in [4.78, 5) is 27.9. The standard InChI is InChI=1S/C21H29N5O3S/c1-2-8-26(21(28)29)11-7-22-15-3-4-16-18(12-15)30-24-19(16)20(27)23-17-13-25-9-5-14(17)6-10-25/h3-4,12,14,17,22H,2,5-11,13H2,1H3,(H,23,27)(H,28,29)/t17-/m1/s1. The third-order valence-electron chi connectivity index (χ3n) is 6.13. The summed E-state index contributed by atoms with van der Waals surface area (Å²) in [5, 5.41) is 16.6. The van der Waals surface area contributed by atoms with Crippen LogP contribution < -0.4 is 10.6 Å². The maximum atomic E-state index is 12.9. The zero-order valence-electron chi connectivity index (χ0n) is 17.3. The molecule has 3 N–H and O–H groups in total. The van der Waals surface area contributed by atoms with Crippen molar-refractivity contribution in [1.29, 1.82) is 0 Å². The van der Waals surface area contributed by atoms with Crippen molar-refractivity contribution in [3.8, 4) is 0 Å². The zero-order valence-corrected chi connectivity index (χ0v) is 18.1. The van der Waals surface area contributed by atoms with Crippen molar-refractivity contribution in [3.05, 3.63) is 23.9 Å². The molecule has 0 aliphatic carbocycles. The second-order valence-electron chi connectivity index (χ2n) is 8.16. The normalized spacial score (nSPS) is 22.8. The number of carboxylic acid groups (broad SMARTS) is 1. The van der Waals surface area contributed by atoms with E-state index in [9.17, 15) is 14.7 Å². The van der Waals surface area contributed by atoms with Gasteiger partial charge < -0.3 is 25.5 Å². The molecule has 3 aliphatic rings. The molecule has 4 heterocycles. The molecule has 2 amide bonds. The number of nitrogens with one attached hydrogen (secondary N) is 2. The molecule has 0 radical (unpaired) electrons. The first-order valence-corrected chi connectivity index (χ1v) is 11.5. The number of hydrogen-bond acceptors (Lipinski definition) is 6. The summed E-state index contributed by atoms with van der Waals surface area (Å²) in [5.41, 5.74) is 1.40. The van der Waals surface area contributed by atoms with Crippen molar-refractivity contribution in [1.82, 2.24) is 19.5 Å². The number of rotatable bonds is 8. The minimum atomic E-state index is -0.893. The molecule has 30 heavy (non-hydrogen) atoms. The highest BCUT2D eigenvalue weighted by Crippen LogP contribution is 2.29. The van der Waals surface area contributed by atoms with Gasteiger partial charge in [0, 0.05) is 43.3 Å². The Morgan fingerprint density at radius 2 is 2.10 bits per heavy atom. The minimum Gasteiger partial charge on any atom is -0.465 e. The molecule has 0 saturated carbocycles. The Morgan fingerprint density at radius 1 is 1.30 bits per heavy atom. The van der Waals surface area contributed by atoms with E-state index in [4.69, 9.17) is 0 Å². The number of piperidine rings is 3. The average Bonchev–Trinajstić information content (AvgIpc) is 3.17. The number of hydrogen-bond donors (Lipinski definition) is 3. The Balaban J connectivity index is 1.37. The molecule has 0 unspecified atom stereocenters. The summed E-state index contributed by atoms with van der Waals surface area (Å²) in [6.07, 6.45) is 2.23. The van der Waals surface area contributed by atoms with Crippen molar-refractivity contribution >= 4 is 39.3 Å². The summed E-state index contributed by atoms with van der Waals surface area (Å²) in [6.45, 7) is 6.69. The summed E-state index contributed by atoms with van der Waals surface area (Å²) in [5.74, 6) is 0.495. The van der Waals surface area contributed by atoms with E-state index in [1.807, 2.05) is 25.1 Å². The van der Waals surface area contributed by atoms with Crippen LogP contribution in [0.25, 0.3) is 10.1 Å². The number of carbonyl (C=O) groups is 2. The third kappa shape index (κ3) is 4.52. The Kier molecular flexibility index (Phi) is 6.38. The molecule has 5 rings (SSSR count). The molecule has 3 aliphatic heterocycles. The number of nitrogens with zero attached hydrogens (tertiary/aromatic N) is 3. The number of fused-ring (bicyclic) bond motifs is 4. The molecule has 2 bridgehead atoms. The molecule has 2 aromatic rings. The monoisotopic (exact) mass is 431 g/mol. The maximum absolute atomic E-state index is 12.9. The van der Waals surface area contributed by atoms with Crippen molar-refractivity contribution in [2.75, 3.05) is 44.6 Å². The summed E-state index contributed by atoms with van der Waals surface area (Å²) in [6, 6.07) is 6.04. The lowest BCUT2D eigenvalue weighted by atomic mass is 9.84. The van der Waals surface area contributed by atoms with Gasteiger partial charge in [-0.15, -0.1) is 0 Å². The second-order valence-corrected chi connectivity index (χ2v) is 8.96. The summed E-state index contributed by atoms with van der Waals surface area (Å²) in [7, 11) is 0. The van der Waals surface area contributed by atoms with E-state index in [0.29, 0.717) is 31.2 Å². The average molecular weight is 432 g/mol. The first-order valence-electron chi connectivity index (χ1n) is 10.7. The van der Waals surface area contributed by atoms with Gasteiger partial charge in [0.2, 0.25) is 0 Å². The number of benzene rings is 1. The lowest BCUT2D eigenvalue weighted by molar-refractivity contribution is 0.0619. The van der Waals surface area contributed by atoms with Crippen LogP contribution in [0.15, 0.2) is 18.2 Å². The van der Waals surface area contributed by atoms with E-state index >= 15 is 0 Å². The van der Waals surface area contributed by atoms with Crippen molar-refractivity contribution in [3.63, 3.8) is 0 Å². The lowest BCUT2D eigenvalue weighted by Gasteiger charge is -2.44. The first kappa shape index (κ1) is 20.9. The molecule has 1 atom stereocenters. The van der Waals surface area contributed by atoms with Crippen molar-refractivity contribution < 1.29 is 14.7 Å². The van der Waals surface area contributed by atoms with Crippen LogP contribution >= 0.6 is 11.5 Å². The van der Waals surface area contributed by atoms with Gasteiger partial charge in [-0.3, -0.25) is 4.79 Å². The minimum absolute atomic E-state index is 0.0858. The van der Waals surface area contributed by atoms with Crippen molar-refractivity contribution in [2.24, 2.45) is 5.92 Å². The second kappa shape index (κ2) is 9.18. The third-order valence-corrected chi connectivity index (χ3v) is 6.94. The Labute approximate surface area is 180 Å². The van der Waals surface area contributed by atoms with Gasteiger partial charge in [0.25, 0.3) is 5.91 Å². The predicted molar refractivity (Wildman–Crippen MR) is 118 cm³/mol. The van der Waals surface area contributed by atoms with Crippen LogP contribution in [0.1, 0.15) is 36.7 Å². The first-order chi connectivity index (χ1) is 14.5. The van der Waals surface area contributed by atoms with E-state index in [1.165, 1.54) is 16.4 Å². The van der Waals surface area contributed by atoms with E-state index < -0.39 is 6.09 Å². The van der Waals surface area contributed by atoms with E-state index in [0.717, 1.165) is 54.7 Å². The van der Waals surface area contributed by atoms with Crippen LogP contribution in [0.3, 0.4) is 0 Å². The molecule has 162 valence electrons. The fraction of sp³-hybridized carbons (Fsp3) is 0.571. The van der Waals surface area contributed by atoms with E-state index in [1.54, 1.807) is 0 Å². The number of amides is 2. The van der Waals surface area contributed by atoms with Crippen LogP contribution in [0.2, 0.25) is 0 Å². The highest BCUT2D eigenvalue weighted by Gasteiger charge is 2.35. The molecule has 1 aromatic heterocycles. The summed E-state index contributed by atoms with van der Waals surface area (Å²) >= 11 is 1.32. The van der Waals surface area contributed by atoms with Crippen LogP contribution in [0, 0.1) is 5.92 Å². The van der Waals surface area contributed by atoms with Crippen LogP contribution in [-0.4, -0.2) is 76.6 Å². The smallest absolute Gasteiger partial charge is 0.407 e. The lowest BCUT2D eigenvalue weighted by Crippen LogP contribution is -2.57. The van der Waals surface area contributed by atoms with Gasteiger partial charge in [0.15, 0.2) is 0 Å². The number of aromatic nitrogens is 1. The molecule has 9 heteroatoms.